The molecule has 1 amide bonds. The highest BCUT2D eigenvalue weighted by Gasteiger charge is 2.36. The fourth-order valence-electron chi connectivity index (χ4n) is 2.17. The van der Waals surface area contributed by atoms with Crippen LogP contribution in [0.2, 0.25) is 0 Å². The van der Waals surface area contributed by atoms with Crippen molar-refractivity contribution in [2.45, 2.75) is 32.5 Å². The van der Waals surface area contributed by atoms with Crippen molar-refractivity contribution in [3.05, 3.63) is 35.9 Å². The Balaban J connectivity index is 2.23. The van der Waals surface area contributed by atoms with Gasteiger partial charge in [-0.2, -0.15) is 0 Å². The van der Waals surface area contributed by atoms with E-state index in [1.165, 1.54) is 0 Å². The lowest BCUT2D eigenvalue weighted by Crippen LogP contribution is -2.31. The highest BCUT2D eigenvalue weighted by atomic mass is 16.2. The van der Waals surface area contributed by atoms with Crippen LogP contribution in [0.5, 0.6) is 0 Å². The van der Waals surface area contributed by atoms with Crippen molar-refractivity contribution >= 4 is 5.91 Å². The summed E-state index contributed by atoms with van der Waals surface area (Å²) in [5.41, 5.74) is 1.16. The molecule has 1 aliphatic rings. The second kappa shape index (κ2) is 4.66. The van der Waals surface area contributed by atoms with E-state index in [9.17, 15) is 4.79 Å². The van der Waals surface area contributed by atoms with Crippen LogP contribution >= 0.6 is 0 Å². The molecule has 0 bridgehead atoms. The number of nitrogens with one attached hydrogen (secondary N) is 1. The van der Waals surface area contributed by atoms with E-state index in [2.05, 4.69) is 24.4 Å². The lowest BCUT2D eigenvalue weighted by molar-refractivity contribution is -0.129. The second-order valence-corrected chi connectivity index (χ2v) is 4.23. The van der Waals surface area contributed by atoms with Gasteiger partial charge in [-0.3, -0.25) is 10.1 Å². The normalized spacial score (nSPS) is 25.1. The number of hydrogen-bond acceptors (Lipinski definition) is 2. The van der Waals surface area contributed by atoms with Crippen LogP contribution in [0.3, 0.4) is 0 Å². The Labute approximate surface area is 96.5 Å². The third-order valence-corrected chi connectivity index (χ3v) is 2.95. The summed E-state index contributed by atoms with van der Waals surface area (Å²) in [5.74, 6) is 0.204. The smallest absolute Gasteiger partial charge is 0.241 e. The summed E-state index contributed by atoms with van der Waals surface area (Å²) in [7, 11) is 0. The molecule has 0 spiro atoms. The molecule has 3 nitrogen and oxygen atoms in total. The van der Waals surface area contributed by atoms with Crippen LogP contribution in [0.1, 0.15) is 32.0 Å². The Morgan fingerprint density at radius 3 is 2.62 bits per heavy atom. The van der Waals surface area contributed by atoms with Gasteiger partial charge in [0.15, 0.2) is 0 Å². The molecule has 16 heavy (non-hydrogen) atoms. The van der Waals surface area contributed by atoms with Gasteiger partial charge in [0.1, 0.15) is 6.17 Å². The predicted molar refractivity (Wildman–Crippen MR) is 63.8 cm³/mol. The van der Waals surface area contributed by atoms with Crippen molar-refractivity contribution in [3.63, 3.8) is 0 Å². The van der Waals surface area contributed by atoms with Gasteiger partial charge in [-0.1, -0.05) is 37.3 Å². The van der Waals surface area contributed by atoms with Crippen LogP contribution in [0, 0.1) is 0 Å². The van der Waals surface area contributed by atoms with E-state index in [4.69, 9.17) is 0 Å². The highest BCUT2D eigenvalue weighted by molar-refractivity contribution is 5.84. The quantitative estimate of drug-likeness (QED) is 0.840. The molecule has 2 atom stereocenters. The topological polar surface area (TPSA) is 32.3 Å². The molecule has 1 N–H and O–H groups in total. The maximum Gasteiger partial charge on any atom is 0.241 e. The molecule has 86 valence electrons. The minimum absolute atomic E-state index is 0.0450. The summed E-state index contributed by atoms with van der Waals surface area (Å²) in [4.78, 5) is 13.9. The average molecular weight is 218 g/mol. The fourth-order valence-corrected chi connectivity index (χ4v) is 2.17. The summed E-state index contributed by atoms with van der Waals surface area (Å²) in [5, 5.41) is 3.33. The van der Waals surface area contributed by atoms with Crippen molar-refractivity contribution in [1.82, 2.24) is 10.2 Å². The van der Waals surface area contributed by atoms with E-state index >= 15 is 0 Å². The van der Waals surface area contributed by atoms with E-state index in [0.29, 0.717) is 0 Å². The number of carbonyl (C=O) groups is 1. The molecule has 3 heteroatoms. The SMILES string of the molecule is CCCN1C(=O)C(C)NC1c1ccccc1. The molecule has 1 heterocycles. The number of amides is 1. The lowest BCUT2D eigenvalue weighted by atomic mass is 10.1. The molecule has 1 aromatic rings. The number of nitrogens with zero attached hydrogens (tertiary/aromatic N) is 1. The van der Waals surface area contributed by atoms with Gasteiger partial charge in [-0.15, -0.1) is 0 Å². The number of benzene rings is 1. The maximum atomic E-state index is 11.9. The Morgan fingerprint density at radius 2 is 2.00 bits per heavy atom. The van der Waals surface area contributed by atoms with E-state index in [1.807, 2.05) is 30.0 Å². The first-order valence-corrected chi connectivity index (χ1v) is 5.85. The van der Waals surface area contributed by atoms with Crippen molar-refractivity contribution in [2.24, 2.45) is 0 Å². The highest BCUT2D eigenvalue weighted by Crippen LogP contribution is 2.24. The van der Waals surface area contributed by atoms with Crippen LogP contribution in [-0.2, 0) is 4.79 Å². The third-order valence-electron chi connectivity index (χ3n) is 2.95. The van der Waals surface area contributed by atoms with Crippen LogP contribution < -0.4 is 5.32 Å². The lowest BCUT2D eigenvalue weighted by Gasteiger charge is -2.23. The van der Waals surface area contributed by atoms with Gasteiger partial charge in [0.2, 0.25) is 5.91 Å². The van der Waals surface area contributed by atoms with Crippen LogP contribution in [0.25, 0.3) is 0 Å². The Bertz CT molecular complexity index is 363. The average Bonchev–Trinajstić information content (AvgIpc) is 2.59. The first-order chi connectivity index (χ1) is 7.74. The van der Waals surface area contributed by atoms with E-state index in [-0.39, 0.29) is 18.1 Å². The minimum atomic E-state index is -0.0724. The van der Waals surface area contributed by atoms with Gasteiger partial charge >= 0.3 is 0 Å². The summed E-state index contributed by atoms with van der Waals surface area (Å²) in [6, 6.07) is 10.1. The number of rotatable bonds is 3. The van der Waals surface area contributed by atoms with Gasteiger partial charge in [-0.05, 0) is 18.9 Å². The molecule has 0 aromatic heterocycles. The van der Waals surface area contributed by atoms with Crippen LogP contribution in [0.4, 0.5) is 0 Å². The summed E-state index contributed by atoms with van der Waals surface area (Å²) < 4.78 is 0. The maximum absolute atomic E-state index is 11.9. The fraction of sp³-hybridized carbons (Fsp3) is 0.462. The zero-order valence-electron chi connectivity index (χ0n) is 9.81. The molecule has 0 saturated carbocycles. The molecular weight excluding hydrogens is 200 g/mol. The Morgan fingerprint density at radius 1 is 1.31 bits per heavy atom. The molecule has 0 radical (unpaired) electrons. The Hall–Kier alpha value is -1.35. The zero-order valence-corrected chi connectivity index (χ0v) is 9.81. The van der Waals surface area contributed by atoms with Crippen molar-refractivity contribution < 1.29 is 4.79 Å². The van der Waals surface area contributed by atoms with Gasteiger partial charge in [0.05, 0.1) is 6.04 Å². The molecular formula is C13H18N2O. The van der Waals surface area contributed by atoms with Gasteiger partial charge in [0, 0.05) is 6.54 Å². The van der Waals surface area contributed by atoms with Gasteiger partial charge in [-0.25, -0.2) is 0 Å². The Kier molecular flexibility index (Phi) is 3.25. The monoisotopic (exact) mass is 218 g/mol. The van der Waals surface area contributed by atoms with Crippen molar-refractivity contribution in [3.8, 4) is 0 Å². The van der Waals surface area contributed by atoms with E-state index in [0.717, 1.165) is 18.5 Å². The molecule has 1 aliphatic heterocycles. The molecule has 1 aromatic carbocycles. The van der Waals surface area contributed by atoms with Crippen molar-refractivity contribution in [1.29, 1.82) is 0 Å². The first-order valence-electron chi connectivity index (χ1n) is 5.85. The molecule has 0 aliphatic carbocycles. The molecule has 2 rings (SSSR count). The largest absolute Gasteiger partial charge is 0.322 e. The van der Waals surface area contributed by atoms with Crippen LogP contribution in [0.15, 0.2) is 30.3 Å². The molecule has 2 unspecified atom stereocenters. The summed E-state index contributed by atoms with van der Waals surface area (Å²) >= 11 is 0. The number of carbonyl (C=O) groups excluding carboxylic acids is 1. The predicted octanol–water partition coefficient (Wildman–Crippen LogP) is 1.92. The van der Waals surface area contributed by atoms with E-state index in [1.54, 1.807) is 0 Å². The van der Waals surface area contributed by atoms with Gasteiger partial charge < -0.3 is 4.90 Å². The zero-order chi connectivity index (χ0) is 11.5. The van der Waals surface area contributed by atoms with Crippen LogP contribution in [-0.4, -0.2) is 23.4 Å². The molecule has 1 saturated heterocycles. The standard InChI is InChI=1S/C13H18N2O/c1-3-9-15-12(14-10(2)13(15)16)11-7-5-4-6-8-11/h4-8,10,12,14H,3,9H2,1-2H3. The summed E-state index contributed by atoms with van der Waals surface area (Å²) in [6.45, 7) is 4.84. The van der Waals surface area contributed by atoms with E-state index < -0.39 is 0 Å². The van der Waals surface area contributed by atoms with Crippen molar-refractivity contribution in [2.75, 3.05) is 6.54 Å². The third kappa shape index (κ3) is 1.95. The van der Waals surface area contributed by atoms with Gasteiger partial charge in [0.25, 0.3) is 0 Å². The number of hydrogen-bond donors (Lipinski definition) is 1. The summed E-state index contributed by atoms with van der Waals surface area (Å²) in [6.07, 6.45) is 1.03. The second-order valence-electron chi connectivity index (χ2n) is 4.23. The minimum Gasteiger partial charge on any atom is -0.322 e. The molecule has 1 fully saturated rings. The first kappa shape index (κ1) is 11.1.